The number of fused-ring (bicyclic) bond motifs is 8. The number of nitrogens with zero attached hydrogens (tertiary/aromatic N) is 1. The van der Waals surface area contributed by atoms with E-state index in [-0.39, 0.29) is 23.4 Å². The fourth-order valence-electron chi connectivity index (χ4n) is 6.07. The molecule has 4 aliphatic rings. The molecule has 2 aliphatic carbocycles. The molecule has 2 aromatic carbocycles. The average molecular weight is 443 g/mol. The lowest BCUT2D eigenvalue weighted by Gasteiger charge is -2.43. The maximum Gasteiger partial charge on any atom is 0.269 e. The Hall–Kier alpha value is -2.28. The number of rotatable bonds is 2. The van der Waals surface area contributed by atoms with Crippen LogP contribution in [0.2, 0.25) is 0 Å². The highest BCUT2D eigenvalue weighted by Crippen LogP contribution is 2.64. The van der Waals surface area contributed by atoms with Gasteiger partial charge in [-0.3, -0.25) is 10.1 Å². The fourth-order valence-corrected chi connectivity index (χ4v) is 6.64. The molecule has 0 amide bonds. The van der Waals surface area contributed by atoms with Gasteiger partial charge in [0.05, 0.1) is 11.0 Å². The first kappa shape index (κ1) is 16.7. The van der Waals surface area contributed by atoms with E-state index in [4.69, 9.17) is 9.47 Å². The number of benzene rings is 2. The summed E-state index contributed by atoms with van der Waals surface area (Å²) in [6.45, 7) is 0.257. The summed E-state index contributed by atoms with van der Waals surface area (Å²) >= 11 is 3.74. The first-order valence-corrected chi connectivity index (χ1v) is 10.5. The monoisotopic (exact) mass is 442 g/mol. The molecule has 0 spiro atoms. The number of nitrogens with one attached hydrogen (secondary N) is 1. The van der Waals surface area contributed by atoms with E-state index in [0.717, 1.165) is 27.2 Å². The summed E-state index contributed by atoms with van der Waals surface area (Å²) in [5.74, 6) is 3.63. The normalized spacial score (nSPS) is 31.2. The largest absolute Gasteiger partial charge is 0.454 e. The second-order valence-electron chi connectivity index (χ2n) is 8.31. The van der Waals surface area contributed by atoms with Crippen LogP contribution in [0.5, 0.6) is 11.5 Å². The molecule has 0 saturated heterocycles. The molecule has 0 aromatic heterocycles. The Balaban J connectivity index is 1.49. The Kier molecular flexibility index (Phi) is 3.49. The summed E-state index contributed by atoms with van der Waals surface area (Å²) in [5, 5.41) is 15.0. The third-order valence-corrected chi connectivity index (χ3v) is 7.80. The van der Waals surface area contributed by atoms with Crippen LogP contribution in [0, 0.1) is 27.9 Å². The molecule has 6 nitrogen and oxygen atoms in total. The van der Waals surface area contributed by atoms with E-state index in [1.54, 1.807) is 12.1 Å². The Bertz CT molecular complexity index is 1010. The standard InChI is InChI=1S/C21H19BrN2O4/c22-15-8-18-17(27-9-28-18)7-13(15)21-20-11-2-1-10(5-11)19(20)14-6-12(24(25)26)3-4-16(14)23-21/h3-4,6-8,10-11,19-21,23H,1-2,5,9H2/t10-,11-,19-,20-,21-/m0/s1. The van der Waals surface area contributed by atoms with Gasteiger partial charge in [0.1, 0.15) is 0 Å². The van der Waals surface area contributed by atoms with E-state index >= 15 is 0 Å². The van der Waals surface area contributed by atoms with Crippen LogP contribution in [-0.4, -0.2) is 11.7 Å². The van der Waals surface area contributed by atoms with Crippen molar-refractivity contribution in [1.82, 2.24) is 0 Å². The zero-order valence-corrected chi connectivity index (χ0v) is 16.6. The van der Waals surface area contributed by atoms with Crippen molar-refractivity contribution in [3.05, 3.63) is 56.0 Å². The number of non-ortho nitro benzene ring substituents is 1. The number of nitro benzene ring substituents is 1. The van der Waals surface area contributed by atoms with Crippen LogP contribution in [0.1, 0.15) is 42.3 Å². The molecule has 2 heterocycles. The van der Waals surface area contributed by atoms with Gasteiger partial charge in [-0.05, 0) is 72.3 Å². The quantitative estimate of drug-likeness (QED) is 0.498. The number of nitro groups is 1. The van der Waals surface area contributed by atoms with E-state index in [2.05, 4.69) is 27.3 Å². The van der Waals surface area contributed by atoms with E-state index in [9.17, 15) is 10.1 Å². The Morgan fingerprint density at radius 3 is 2.68 bits per heavy atom. The van der Waals surface area contributed by atoms with Gasteiger partial charge in [0.25, 0.3) is 5.69 Å². The minimum Gasteiger partial charge on any atom is -0.454 e. The van der Waals surface area contributed by atoms with E-state index in [1.165, 1.54) is 24.8 Å². The van der Waals surface area contributed by atoms with Gasteiger partial charge in [0, 0.05) is 22.3 Å². The third kappa shape index (κ3) is 2.25. The van der Waals surface area contributed by atoms with Crippen molar-refractivity contribution in [1.29, 1.82) is 0 Å². The summed E-state index contributed by atoms with van der Waals surface area (Å²) < 4.78 is 12.2. The van der Waals surface area contributed by atoms with Crippen LogP contribution >= 0.6 is 15.9 Å². The number of halogens is 1. The number of anilines is 1. The Morgan fingerprint density at radius 1 is 1.07 bits per heavy atom. The Labute approximate surface area is 170 Å². The van der Waals surface area contributed by atoms with Crippen LogP contribution in [0.15, 0.2) is 34.8 Å². The lowest BCUT2D eigenvalue weighted by Crippen LogP contribution is -2.35. The van der Waals surface area contributed by atoms with E-state index in [0.29, 0.717) is 23.7 Å². The average Bonchev–Trinajstić information content (AvgIpc) is 3.42. The summed E-state index contributed by atoms with van der Waals surface area (Å²) in [6.07, 6.45) is 3.69. The van der Waals surface area contributed by atoms with Gasteiger partial charge in [-0.25, -0.2) is 0 Å². The van der Waals surface area contributed by atoms with Crippen molar-refractivity contribution in [3.63, 3.8) is 0 Å². The molecular formula is C21H19BrN2O4. The maximum atomic E-state index is 11.3. The topological polar surface area (TPSA) is 73.6 Å². The predicted molar refractivity (Wildman–Crippen MR) is 107 cm³/mol. The van der Waals surface area contributed by atoms with E-state index in [1.807, 2.05) is 12.1 Å². The van der Waals surface area contributed by atoms with Gasteiger partial charge < -0.3 is 14.8 Å². The van der Waals surface area contributed by atoms with Crippen molar-refractivity contribution in [3.8, 4) is 11.5 Å². The molecule has 5 atom stereocenters. The first-order chi connectivity index (χ1) is 13.6. The van der Waals surface area contributed by atoms with Crippen molar-refractivity contribution in [2.45, 2.75) is 31.2 Å². The molecule has 6 rings (SSSR count). The SMILES string of the molecule is O=[N+]([O-])c1ccc2c(c1)[C@@H]1[C@H]3CC[C@@H](C3)[C@@H]1[C@H](c1cc3c(cc1Br)OCO3)N2. The molecule has 2 aliphatic heterocycles. The van der Waals surface area contributed by atoms with Gasteiger partial charge in [-0.2, -0.15) is 0 Å². The van der Waals surface area contributed by atoms with Crippen LogP contribution in [0.4, 0.5) is 11.4 Å². The number of hydrogen-bond donors (Lipinski definition) is 1. The van der Waals surface area contributed by atoms with Crippen molar-refractivity contribution in [2.75, 3.05) is 12.1 Å². The molecule has 2 aromatic rings. The highest BCUT2D eigenvalue weighted by molar-refractivity contribution is 9.10. The first-order valence-electron chi connectivity index (χ1n) is 9.74. The fraction of sp³-hybridized carbons (Fsp3) is 0.429. The zero-order chi connectivity index (χ0) is 19.0. The van der Waals surface area contributed by atoms with Gasteiger partial charge in [0.2, 0.25) is 6.79 Å². The second kappa shape index (κ2) is 5.86. The highest BCUT2D eigenvalue weighted by Gasteiger charge is 2.54. The van der Waals surface area contributed by atoms with Crippen molar-refractivity contribution in [2.24, 2.45) is 17.8 Å². The molecule has 2 fully saturated rings. The summed E-state index contributed by atoms with van der Waals surface area (Å²) in [7, 11) is 0. The van der Waals surface area contributed by atoms with Crippen LogP contribution in [0.3, 0.4) is 0 Å². The lowest BCUT2D eigenvalue weighted by atomic mass is 9.68. The van der Waals surface area contributed by atoms with Gasteiger partial charge >= 0.3 is 0 Å². The number of ether oxygens (including phenoxy) is 2. The minimum atomic E-state index is -0.289. The van der Waals surface area contributed by atoms with Crippen molar-refractivity contribution >= 4 is 27.3 Å². The zero-order valence-electron chi connectivity index (χ0n) is 15.1. The molecule has 0 unspecified atom stereocenters. The molecule has 144 valence electrons. The molecule has 2 saturated carbocycles. The molecule has 2 bridgehead atoms. The van der Waals surface area contributed by atoms with E-state index < -0.39 is 0 Å². The Morgan fingerprint density at radius 2 is 1.86 bits per heavy atom. The van der Waals surface area contributed by atoms with Gasteiger partial charge in [-0.1, -0.05) is 15.9 Å². The van der Waals surface area contributed by atoms with Gasteiger partial charge in [0.15, 0.2) is 11.5 Å². The van der Waals surface area contributed by atoms with Crippen LogP contribution < -0.4 is 14.8 Å². The predicted octanol–water partition coefficient (Wildman–Crippen LogP) is 5.38. The molecular weight excluding hydrogens is 424 g/mol. The summed E-state index contributed by atoms with van der Waals surface area (Å²) in [5.41, 5.74) is 3.51. The highest BCUT2D eigenvalue weighted by atomic mass is 79.9. The summed E-state index contributed by atoms with van der Waals surface area (Å²) in [4.78, 5) is 11.0. The molecule has 1 N–H and O–H groups in total. The van der Waals surface area contributed by atoms with Crippen LogP contribution in [0.25, 0.3) is 0 Å². The summed E-state index contributed by atoms with van der Waals surface area (Å²) in [6, 6.07) is 9.51. The number of hydrogen-bond acceptors (Lipinski definition) is 5. The third-order valence-electron chi connectivity index (χ3n) is 7.11. The molecule has 7 heteroatoms. The minimum absolute atomic E-state index is 0.151. The second-order valence-corrected chi connectivity index (χ2v) is 9.17. The van der Waals surface area contributed by atoms with Gasteiger partial charge in [-0.15, -0.1) is 0 Å². The molecule has 28 heavy (non-hydrogen) atoms. The van der Waals surface area contributed by atoms with Crippen LogP contribution in [-0.2, 0) is 0 Å². The lowest BCUT2D eigenvalue weighted by molar-refractivity contribution is -0.384. The van der Waals surface area contributed by atoms with Crippen molar-refractivity contribution < 1.29 is 14.4 Å². The molecule has 0 radical (unpaired) electrons. The maximum absolute atomic E-state index is 11.3. The smallest absolute Gasteiger partial charge is 0.269 e.